The van der Waals surface area contributed by atoms with E-state index < -0.39 is 11.9 Å². The van der Waals surface area contributed by atoms with Crippen molar-refractivity contribution in [1.29, 1.82) is 0 Å². The van der Waals surface area contributed by atoms with E-state index in [0.29, 0.717) is 41.2 Å². The maximum absolute atomic E-state index is 12.6. The smallest absolute Gasteiger partial charge is 0.351 e. The van der Waals surface area contributed by atoms with Crippen molar-refractivity contribution in [2.24, 2.45) is 5.92 Å². The first kappa shape index (κ1) is 20.3. The zero-order chi connectivity index (χ0) is 21.6. The van der Waals surface area contributed by atoms with E-state index in [-0.39, 0.29) is 18.0 Å². The Kier molecular flexibility index (Phi) is 4.99. The molecule has 2 aromatic rings. The van der Waals surface area contributed by atoms with Gasteiger partial charge in [-0.05, 0) is 39.0 Å². The number of anilines is 3. The van der Waals surface area contributed by atoms with Gasteiger partial charge in [0.1, 0.15) is 11.7 Å². The van der Waals surface area contributed by atoms with Crippen LogP contribution in [0.15, 0.2) is 12.4 Å². The van der Waals surface area contributed by atoms with Crippen LogP contribution in [0.2, 0.25) is 0 Å². The van der Waals surface area contributed by atoms with Gasteiger partial charge in [-0.1, -0.05) is 0 Å². The minimum atomic E-state index is -4.47. The topological polar surface area (TPSA) is 95.9 Å². The summed E-state index contributed by atoms with van der Waals surface area (Å²) >= 11 is 0. The molecule has 3 heterocycles. The van der Waals surface area contributed by atoms with E-state index in [2.05, 4.69) is 30.6 Å². The van der Waals surface area contributed by atoms with Crippen LogP contribution in [0.4, 0.5) is 30.6 Å². The molecule has 1 atom stereocenters. The van der Waals surface area contributed by atoms with Crippen LogP contribution >= 0.6 is 0 Å². The first-order valence-electron chi connectivity index (χ1n) is 9.68. The van der Waals surface area contributed by atoms with E-state index in [4.69, 9.17) is 0 Å². The number of nitrogens with one attached hydrogen (secondary N) is 2. The fraction of sp³-hybridized carbons (Fsp3) is 0.526. The summed E-state index contributed by atoms with van der Waals surface area (Å²) in [7, 11) is 1.82. The van der Waals surface area contributed by atoms with Gasteiger partial charge in [-0.3, -0.25) is 9.78 Å². The molecule has 0 bridgehead atoms. The number of aryl methyl sites for hydroxylation is 1. The lowest BCUT2D eigenvalue weighted by Gasteiger charge is -2.37. The molecule has 2 aliphatic rings. The monoisotopic (exact) mass is 421 g/mol. The normalized spacial score (nSPS) is 23.5. The van der Waals surface area contributed by atoms with Crippen LogP contribution in [-0.2, 0) is 17.4 Å². The molecule has 1 fully saturated rings. The Balaban J connectivity index is 1.35. The second kappa shape index (κ2) is 7.37. The van der Waals surface area contributed by atoms with Crippen molar-refractivity contribution in [1.82, 2.24) is 19.9 Å². The number of carbonyl (C=O) groups is 1. The second-order valence-electron chi connectivity index (χ2n) is 7.88. The highest BCUT2D eigenvalue weighted by Crippen LogP contribution is 2.35. The molecule has 0 radical (unpaired) electrons. The van der Waals surface area contributed by atoms with Gasteiger partial charge in [0.25, 0.3) is 0 Å². The summed E-state index contributed by atoms with van der Waals surface area (Å²) in [5, 5.41) is 6.16. The molecule has 11 heteroatoms. The molecule has 1 saturated carbocycles. The van der Waals surface area contributed by atoms with Crippen molar-refractivity contribution in [3.8, 4) is 0 Å². The molecule has 0 saturated heterocycles. The lowest BCUT2D eigenvalue weighted by Crippen LogP contribution is -2.45. The molecular weight excluding hydrogens is 399 g/mol. The van der Waals surface area contributed by atoms with Crippen LogP contribution in [0.1, 0.15) is 36.8 Å². The molecule has 2 aromatic heterocycles. The average Bonchev–Trinajstić information content (AvgIpc) is 2.65. The molecular formula is C19H22F3N7O. The number of hydrogen-bond donors (Lipinski definition) is 2. The Morgan fingerprint density at radius 1 is 1.23 bits per heavy atom. The SMILES string of the molecule is Cc1nc(N[C@H]2C[C@@H](Cc3cnc(C(F)(F)F)cn3)C2)nc2c1NC(=O)[C@H](C)N2C. The third-order valence-corrected chi connectivity index (χ3v) is 5.68. The number of likely N-dealkylation sites (N-methyl/N-ethyl adjacent to an activating group) is 1. The molecule has 8 nitrogen and oxygen atoms in total. The molecule has 4 rings (SSSR count). The summed E-state index contributed by atoms with van der Waals surface area (Å²) in [6.45, 7) is 3.63. The molecule has 0 aromatic carbocycles. The predicted octanol–water partition coefficient (Wildman–Crippen LogP) is 2.80. The number of carbonyl (C=O) groups excluding carboxylic acids is 1. The number of nitrogens with zero attached hydrogens (tertiary/aromatic N) is 5. The minimum absolute atomic E-state index is 0.0920. The van der Waals surface area contributed by atoms with Crippen molar-refractivity contribution in [3.63, 3.8) is 0 Å². The summed E-state index contributed by atoms with van der Waals surface area (Å²) in [5.41, 5.74) is 0.887. The fourth-order valence-corrected chi connectivity index (χ4v) is 3.72. The number of aromatic nitrogens is 4. The van der Waals surface area contributed by atoms with Crippen LogP contribution in [-0.4, -0.2) is 45.0 Å². The largest absolute Gasteiger partial charge is 0.434 e. The minimum Gasteiger partial charge on any atom is -0.351 e. The van der Waals surface area contributed by atoms with Gasteiger partial charge in [-0.15, -0.1) is 0 Å². The predicted molar refractivity (Wildman–Crippen MR) is 104 cm³/mol. The molecule has 1 amide bonds. The third kappa shape index (κ3) is 3.88. The first-order valence-corrected chi connectivity index (χ1v) is 9.68. The van der Waals surface area contributed by atoms with Gasteiger partial charge < -0.3 is 15.5 Å². The van der Waals surface area contributed by atoms with Crippen LogP contribution in [0, 0.1) is 12.8 Å². The van der Waals surface area contributed by atoms with Crippen molar-refractivity contribution < 1.29 is 18.0 Å². The van der Waals surface area contributed by atoms with Gasteiger partial charge in [0.15, 0.2) is 11.5 Å². The highest BCUT2D eigenvalue weighted by atomic mass is 19.4. The van der Waals surface area contributed by atoms with Crippen molar-refractivity contribution >= 4 is 23.4 Å². The number of hydrogen-bond acceptors (Lipinski definition) is 7. The highest BCUT2D eigenvalue weighted by molar-refractivity contribution is 6.03. The fourth-order valence-electron chi connectivity index (χ4n) is 3.72. The Bertz CT molecular complexity index is 958. The van der Waals surface area contributed by atoms with E-state index in [1.165, 1.54) is 6.20 Å². The van der Waals surface area contributed by atoms with E-state index in [0.717, 1.165) is 19.0 Å². The Hall–Kier alpha value is -2.98. The van der Waals surface area contributed by atoms with Crippen LogP contribution in [0.25, 0.3) is 0 Å². The molecule has 160 valence electrons. The van der Waals surface area contributed by atoms with Crippen LogP contribution < -0.4 is 15.5 Å². The van der Waals surface area contributed by atoms with Gasteiger partial charge in [0.2, 0.25) is 11.9 Å². The van der Waals surface area contributed by atoms with Crippen LogP contribution in [0.3, 0.4) is 0 Å². The molecule has 1 aliphatic carbocycles. The maximum Gasteiger partial charge on any atom is 0.434 e. The standard InChI is InChI=1S/C19H22F3N7O/c1-9-15-16(29(3)10(2)17(30)27-15)28-18(25-9)26-12-4-11(5-12)6-13-7-24-14(8-23-13)19(20,21)22/h7-8,10-12H,4-6H2,1-3H3,(H,27,30)(H,25,26,28)/t10-,11-,12+/m0/s1. The number of amides is 1. The maximum atomic E-state index is 12.6. The molecule has 0 unspecified atom stereocenters. The summed E-state index contributed by atoms with van der Waals surface area (Å²) in [6, 6.07) is -0.145. The van der Waals surface area contributed by atoms with Crippen molar-refractivity contribution in [2.75, 3.05) is 22.6 Å². The van der Waals surface area contributed by atoms with Gasteiger partial charge >= 0.3 is 6.18 Å². The molecule has 2 N–H and O–H groups in total. The van der Waals surface area contributed by atoms with Crippen molar-refractivity contribution in [3.05, 3.63) is 29.5 Å². The quantitative estimate of drug-likeness (QED) is 0.784. The second-order valence-corrected chi connectivity index (χ2v) is 7.88. The van der Waals surface area contributed by atoms with Gasteiger partial charge in [0, 0.05) is 19.3 Å². The number of alkyl halides is 3. The van der Waals surface area contributed by atoms with E-state index in [9.17, 15) is 18.0 Å². The highest BCUT2D eigenvalue weighted by Gasteiger charge is 2.34. The first-order chi connectivity index (χ1) is 14.1. The van der Waals surface area contributed by atoms with E-state index in [1.54, 1.807) is 0 Å². The van der Waals surface area contributed by atoms with Gasteiger partial charge in [0.05, 0.1) is 17.6 Å². The van der Waals surface area contributed by atoms with E-state index in [1.807, 2.05) is 25.8 Å². The summed E-state index contributed by atoms with van der Waals surface area (Å²) in [5.74, 6) is 1.40. The van der Waals surface area contributed by atoms with Gasteiger partial charge in [-0.25, -0.2) is 9.97 Å². The zero-order valence-electron chi connectivity index (χ0n) is 16.8. The van der Waals surface area contributed by atoms with Crippen LogP contribution in [0.5, 0.6) is 0 Å². The summed E-state index contributed by atoms with van der Waals surface area (Å²) in [6.07, 6.45) is -0.233. The zero-order valence-corrected chi connectivity index (χ0v) is 16.8. The Morgan fingerprint density at radius 2 is 1.97 bits per heavy atom. The molecule has 1 aliphatic heterocycles. The molecule has 0 spiro atoms. The lowest BCUT2D eigenvalue weighted by molar-refractivity contribution is -0.141. The summed E-state index contributed by atoms with van der Waals surface area (Å²) in [4.78, 5) is 30.2. The summed E-state index contributed by atoms with van der Waals surface area (Å²) < 4.78 is 37.7. The number of halogens is 3. The molecule has 30 heavy (non-hydrogen) atoms. The number of fused-ring (bicyclic) bond motifs is 1. The Labute approximate surface area is 171 Å². The Morgan fingerprint density at radius 3 is 2.60 bits per heavy atom. The van der Waals surface area contributed by atoms with E-state index >= 15 is 0 Å². The van der Waals surface area contributed by atoms with Gasteiger partial charge in [-0.2, -0.15) is 18.2 Å². The third-order valence-electron chi connectivity index (χ3n) is 5.68. The van der Waals surface area contributed by atoms with Crippen molar-refractivity contribution in [2.45, 2.75) is 51.4 Å². The lowest BCUT2D eigenvalue weighted by atomic mass is 9.77. The average molecular weight is 421 g/mol. The number of rotatable bonds is 4.